The Labute approximate surface area is 297 Å². The van der Waals surface area contributed by atoms with Crippen molar-refractivity contribution in [2.24, 2.45) is 34.0 Å². The van der Waals surface area contributed by atoms with Gasteiger partial charge in [-0.2, -0.15) is 0 Å². The van der Waals surface area contributed by atoms with Crippen LogP contribution in [0.25, 0.3) is 11.3 Å². The largest absolute Gasteiger partial charge is 0.461 e. The zero-order chi connectivity index (χ0) is 34.5. The summed E-state index contributed by atoms with van der Waals surface area (Å²) in [6.45, 7) is 16.0. The minimum Gasteiger partial charge on any atom is -0.461 e. The van der Waals surface area contributed by atoms with Crippen LogP contribution >= 0.6 is 23.1 Å². The quantitative estimate of drug-likeness (QED) is 0.0658. The second kappa shape index (κ2) is 15.9. The fraction of sp³-hybridized carbons (Fsp3) is 0.700. The highest BCUT2D eigenvalue weighted by atomic mass is 32.2. The number of unbranched alkanes of at least 4 members (excludes halogenated alkanes) is 7. The van der Waals surface area contributed by atoms with Crippen molar-refractivity contribution in [2.45, 2.75) is 141 Å². The van der Waals surface area contributed by atoms with E-state index in [1.165, 1.54) is 63.1 Å². The number of esters is 1. The van der Waals surface area contributed by atoms with Crippen LogP contribution in [0.3, 0.4) is 0 Å². The van der Waals surface area contributed by atoms with Gasteiger partial charge in [-0.15, -0.1) is 17.9 Å². The second-order valence-corrected chi connectivity index (χ2v) is 17.7. The number of hydrogen-bond acceptors (Lipinski definition) is 7. The van der Waals surface area contributed by atoms with E-state index in [4.69, 9.17) is 9.72 Å². The molecule has 1 N–H and O–H groups in total. The Hall–Kier alpha value is -2.03. The number of aliphatic hydroxyl groups excluding tert-OH is 1. The van der Waals surface area contributed by atoms with Crippen molar-refractivity contribution in [3.05, 3.63) is 42.6 Å². The first-order chi connectivity index (χ1) is 23.0. The summed E-state index contributed by atoms with van der Waals surface area (Å²) in [6.07, 6.45) is 19.2. The second-order valence-electron chi connectivity index (χ2n) is 15.7. The molecule has 2 aromatic heterocycles. The van der Waals surface area contributed by atoms with Crippen LogP contribution < -0.4 is 4.57 Å². The van der Waals surface area contributed by atoms with Crippen LogP contribution in [0.5, 0.6) is 0 Å². The summed E-state index contributed by atoms with van der Waals surface area (Å²) in [4.78, 5) is 32.0. The standard InChI is InChI=1S/C40H59N2O4S2/c1-7-9-10-11-12-13-14-15-22-42-23-18-30(19-24-42)31-26-47-37(41-31)48-27-34(44)46-33-25-38(5,8-2)36(45)29(4)40-20-16-28(3)39(33,6)35(40)32(43)17-21-40/h8,18-19,23-24,26,28-29,33,35-36,45H,2,7,9-17,20-22,25,27H2,1,3-6H3/q+1/t28-,29+,33-,35+,36+,38-,39+,40+/m1/s1. The molecule has 0 aliphatic heterocycles. The number of hydrogen-bond donors (Lipinski definition) is 1. The van der Waals surface area contributed by atoms with Gasteiger partial charge < -0.3 is 9.84 Å². The van der Waals surface area contributed by atoms with Gasteiger partial charge in [0.15, 0.2) is 16.7 Å². The molecule has 2 bridgehead atoms. The highest BCUT2D eigenvalue weighted by Gasteiger charge is 2.68. The van der Waals surface area contributed by atoms with Crippen molar-refractivity contribution in [1.29, 1.82) is 0 Å². The number of carbonyl (C=O) groups is 2. The van der Waals surface area contributed by atoms with Crippen LogP contribution in [0, 0.1) is 34.0 Å². The average Bonchev–Trinajstić information content (AvgIpc) is 3.71. The lowest BCUT2D eigenvalue weighted by molar-refractivity contribution is -0.697. The molecule has 5 rings (SSSR count). The van der Waals surface area contributed by atoms with Gasteiger partial charge in [0, 0.05) is 52.7 Å². The van der Waals surface area contributed by atoms with E-state index in [9.17, 15) is 14.7 Å². The van der Waals surface area contributed by atoms with E-state index in [1.54, 1.807) is 11.3 Å². The number of nitrogens with zero attached hydrogens (tertiary/aromatic N) is 2. The summed E-state index contributed by atoms with van der Waals surface area (Å²) in [5.74, 6) is 0.0774. The number of aromatic nitrogens is 2. The summed E-state index contributed by atoms with van der Waals surface area (Å²) in [7, 11) is 0. The monoisotopic (exact) mass is 695 g/mol. The first-order valence-corrected chi connectivity index (χ1v) is 20.5. The van der Waals surface area contributed by atoms with Crippen LogP contribution in [0.15, 0.2) is 46.9 Å². The molecule has 2 aromatic rings. The Bertz CT molecular complexity index is 1410. The highest BCUT2D eigenvalue weighted by molar-refractivity contribution is 8.01. The zero-order valence-corrected chi connectivity index (χ0v) is 31.7. The van der Waals surface area contributed by atoms with E-state index in [-0.39, 0.29) is 40.7 Å². The Morgan fingerprint density at radius 1 is 1.12 bits per heavy atom. The summed E-state index contributed by atoms with van der Waals surface area (Å²) < 4.78 is 9.50. The lowest BCUT2D eigenvalue weighted by Gasteiger charge is -2.61. The van der Waals surface area contributed by atoms with Gasteiger partial charge in [-0.3, -0.25) is 9.59 Å². The predicted octanol–water partition coefficient (Wildman–Crippen LogP) is 9.24. The lowest BCUT2D eigenvalue weighted by Crippen LogP contribution is -2.63. The number of pyridine rings is 1. The fourth-order valence-corrected chi connectivity index (χ4v) is 11.1. The molecule has 3 fully saturated rings. The Kier molecular flexibility index (Phi) is 12.3. The number of aryl methyl sites for hydroxylation is 1. The maximum Gasteiger partial charge on any atom is 0.316 e. The van der Waals surface area contributed by atoms with Gasteiger partial charge in [0.25, 0.3) is 0 Å². The minimum absolute atomic E-state index is 0.0419. The number of ketones is 1. The number of thioether (sulfide) groups is 1. The van der Waals surface area contributed by atoms with Crippen LogP contribution in [0.2, 0.25) is 0 Å². The molecular formula is C40H59N2O4S2+. The molecule has 3 saturated carbocycles. The van der Waals surface area contributed by atoms with Crippen molar-refractivity contribution in [3.8, 4) is 11.3 Å². The van der Waals surface area contributed by atoms with Crippen molar-refractivity contribution >= 4 is 34.9 Å². The molecule has 264 valence electrons. The molecule has 0 saturated heterocycles. The SMILES string of the molecule is C=C[C@]1(C)C[C@@H](OC(=O)CSc2nc(-c3cc[n+](CCCCCCCCCC)cc3)cs2)[C@]2(C)[C@H](C)CC[C@]3(CCC(=O)[C@H]32)[C@@H](C)[C@@H]1O. The number of rotatable bonds is 15. The molecular weight excluding hydrogens is 637 g/mol. The number of carbonyl (C=O) groups excluding carboxylic acids is 2. The van der Waals surface area contributed by atoms with Gasteiger partial charge in [-0.25, -0.2) is 9.55 Å². The van der Waals surface area contributed by atoms with Crippen molar-refractivity contribution in [1.82, 2.24) is 4.98 Å². The first-order valence-electron chi connectivity index (χ1n) is 18.6. The molecule has 3 aliphatic carbocycles. The van der Waals surface area contributed by atoms with E-state index >= 15 is 0 Å². The molecule has 6 nitrogen and oxygen atoms in total. The molecule has 0 radical (unpaired) electrons. The average molecular weight is 696 g/mol. The van der Waals surface area contributed by atoms with E-state index < -0.39 is 23.0 Å². The molecule has 8 atom stereocenters. The van der Waals surface area contributed by atoms with Crippen LogP contribution in [0.1, 0.15) is 118 Å². The van der Waals surface area contributed by atoms with E-state index in [0.29, 0.717) is 12.8 Å². The van der Waals surface area contributed by atoms with Gasteiger partial charge in [0.1, 0.15) is 18.4 Å². The summed E-state index contributed by atoms with van der Waals surface area (Å²) in [5.41, 5.74) is 0.578. The molecule has 0 unspecified atom stereocenters. The highest BCUT2D eigenvalue weighted by Crippen LogP contribution is 2.68. The van der Waals surface area contributed by atoms with Gasteiger partial charge in [-0.1, -0.05) is 91.0 Å². The number of ether oxygens (including phenoxy) is 1. The number of aliphatic hydroxyl groups is 1. The van der Waals surface area contributed by atoms with Crippen molar-refractivity contribution in [2.75, 3.05) is 5.75 Å². The van der Waals surface area contributed by atoms with E-state index in [1.807, 2.05) is 13.0 Å². The topological polar surface area (TPSA) is 80.4 Å². The minimum atomic E-state index is -0.664. The number of Topliss-reactive ketones (excluding diaryl/α,β-unsaturated/α-hetero) is 1. The van der Waals surface area contributed by atoms with Gasteiger partial charge in [-0.05, 0) is 49.4 Å². The van der Waals surface area contributed by atoms with Crippen molar-refractivity contribution < 1.29 is 24.0 Å². The summed E-state index contributed by atoms with van der Waals surface area (Å²) in [6, 6.07) is 4.25. The molecule has 0 amide bonds. The molecule has 48 heavy (non-hydrogen) atoms. The van der Waals surface area contributed by atoms with Crippen LogP contribution in [-0.2, 0) is 20.9 Å². The van der Waals surface area contributed by atoms with Gasteiger partial charge in [0.2, 0.25) is 0 Å². The zero-order valence-electron chi connectivity index (χ0n) is 30.0. The fourth-order valence-electron chi connectivity index (χ4n) is 9.48. The third-order valence-corrected chi connectivity index (χ3v) is 14.8. The van der Waals surface area contributed by atoms with Gasteiger partial charge >= 0.3 is 5.97 Å². The maximum absolute atomic E-state index is 13.6. The molecule has 2 heterocycles. The smallest absolute Gasteiger partial charge is 0.316 e. The summed E-state index contributed by atoms with van der Waals surface area (Å²) >= 11 is 2.95. The van der Waals surface area contributed by atoms with Crippen molar-refractivity contribution in [3.63, 3.8) is 0 Å². The molecule has 0 spiro atoms. The maximum atomic E-state index is 13.6. The predicted molar refractivity (Wildman–Crippen MR) is 196 cm³/mol. The third kappa shape index (κ3) is 7.51. The summed E-state index contributed by atoms with van der Waals surface area (Å²) in [5, 5.41) is 13.8. The first kappa shape index (κ1) is 37.2. The van der Waals surface area contributed by atoms with Crippen LogP contribution in [0.4, 0.5) is 0 Å². The lowest BCUT2D eigenvalue weighted by atomic mass is 9.44. The molecule has 3 aliphatic rings. The van der Waals surface area contributed by atoms with E-state index in [0.717, 1.165) is 41.4 Å². The molecule has 0 aromatic carbocycles. The van der Waals surface area contributed by atoms with Crippen LogP contribution in [-0.4, -0.2) is 39.8 Å². The van der Waals surface area contributed by atoms with E-state index in [2.05, 4.69) is 68.7 Å². The van der Waals surface area contributed by atoms with Gasteiger partial charge in [0.05, 0.1) is 17.6 Å². The Balaban J connectivity index is 1.20. The Morgan fingerprint density at radius 2 is 1.81 bits per heavy atom. The Morgan fingerprint density at radius 3 is 2.50 bits per heavy atom. The third-order valence-electron chi connectivity index (χ3n) is 12.8. The normalized spacial score (nSPS) is 33.1. The molecule has 8 heteroatoms. The number of thiazole rings is 1.